The van der Waals surface area contributed by atoms with Crippen LogP contribution in [-0.4, -0.2) is 24.1 Å². The number of alkyl halides is 3. The number of halogens is 3. The SMILES string of the molecule is COc1ccc(N/N=C(\N)C(F)(F)F)cn1. The number of methoxy groups -OCH3 is 1. The lowest BCUT2D eigenvalue weighted by atomic mass is 10.4. The number of nitrogens with one attached hydrogen (secondary N) is 1. The molecule has 1 aromatic rings. The molecule has 1 heterocycles. The highest BCUT2D eigenvalue weighted by molar-refractivity contribution is 5.86. The molecule has 16 heavy (non-hydrogen) atoms. The van der Waals surface area contributed by atoms with Crippen molar-refractivity contribution in [2.45, 2.75) is 6.18 Å². The van der Waals surface area contributed by atoms with Crippen molar-refractivity contribution >= 4 is 11.5 Å². The van der Waals surface area contributed by atoms with Gasteiger partial charge in [0.25, 0.3) is 0 Å². The summed E-state index contributed by atoms with van der Waals surface area (Å²) in [4.78, 5) is 3.76. The van der Waals surface area contributed by atoms with Crippen LogP contribution in [0.5, 0.6) is 5.88 Å². The number of aromatic nitrogens is 1. The highest BCUT2D eigenvalue weighted by atomic mass is 19.4. The van der Waals surface area contributed by atoms with Gasteiger partial charge in [0.2, 0.25) is 11.7 Å². The van der Waals surface area contributed by atoms with Gasteiger partial charge in [0.05, 0.1) is 19.0 Å². The van der Waals surface area contributed by atoms with E-state index in [4.69, 9.17) is 4.74 Å². The minimum absolute atomic E-state index is 0.271. The zero-order valence-electron chi connectivity index (χ0n) is 8.25. The van der Waals surface area contributed by atoms with Gasteiger partial charge in [0.1, 0.15) is 0 Å². The molecule has 1 aromatic heterocycles. The first-order valence-corrected chi connectivity index (χ1v) is 4.10. The van der Waals surface area contributed by atoms with Gasteiger partial charge in [-0.15, -0.1) is 0 Å². The number of nitrogens with zero attached hydrogens (tertiary/aromatic N) is 2. The lowest BCUT2D eigenvalue weighted by Crippen LogP contribution is -2.32. The zero-order valence-corrected chi connectivity index (χ0v) is 8.25. The summed E-state index contributed by atoms with van der Waals surface area (Å²) in [6, 6.07) is 2.93. The lowest BCUT2D eigenvalue weighted by molar-refractivity contribution is -0.0599. The third-order valence-corrected chi connectivity index (χ3v) is 1.54. The molecule has 0 fully saturated rings. The summed E-state index contributed by atoms with van der Waals surface area (Å²) in [6.45, 7) is 0. The molecule has 0 saturated heterocycles. The Morgan fingerprint density at radius 3 is 2.62 bits per heavy atom. The first kappa shape index (κ1) is 12.1. The highest BCUT2D eigenvalue weighted by Gasteiger charge is 2.33. The number of hydrogen-bond acceptors (Lipinski definition) is 4. The van der Waals surface area contributed by atoms with Crippen LogP contribution in [0.25, 0.3) is 0 Å². The molecule has 0 atom stereocenters. The molecule has 0 bridgehead atoms. The second-order valence-corrected chi connectivity index (χ2v) is 2.70. The maximum absolute atomic E-state index is 11.9. The van der Waals surface area contributed by atoms with Crippen molar-refractivity contribution in [2.75, 3.05) is 12.5 Å². The average Bonchev–Trinajstić information content (AvgIpc) is 2.25. The van der Waals surface area contributed by atoms with Crippen molar-refractivity contribution in [3.63, 3.8) is 0 Å². The van der Waals surface area contributed by atoms with Crippen molar-refractivity contribution < 1.29 is 17.9 Å². The summed E-state index contributed by atoms with van der Waals surface area (Å²) in [5.41, 5.74) is 7.07. The Hall–Kier alpha value is -1.99. The Morgan fingerprint density at radius 2 is 2.19 bits per heavy atom. The number of amidine groups is 1. The molecule has 0 aliphatic heterocycles. The predicted molar refractivity (Wildman–Crippen MR) is 52.1 cm³/mol. The maximum Gasteiger partial charge on any atom is 0.450 e. The standard InChI is InChI=1S/C8H9F3N4O/c1-16-6-3-2-5(4-13-6)14-15-7(12)8(9,10)11/h2-4,14H,1H3,(H2,12,15). The van der Waals surface area contributed by atoms with Crippen molar-refractivity contribution in [3.8, 4) is 5.88 Å². The Kier molecular flexibility index (Phi) is 3.54. The Bertz CT molecular complexity index is 374. The number of nitrogens with two attached hydrogens (primary N) is 1. The largest absolute Gasteiger partial charge is 0.481 e. The predicted octanol–water partition coefficient (Wildman–Crippen LogP) is 1.34. The normalized spacial score (nSPS) is 12.4. The van der Waals surface area contributed by atoms with E-state index < -0.39 is 12.0 Å². The molecule has 0 aliphatic rings. The molecule has 88 valence electrons. The summed E-state index contributed by atoms with van der Waals surface area (Å²) in [5, 5.41) is 2.96. The second kappa shape index (κ2) is 4.69. The van der Waals surface area contributed by atoms with Crippen LogP contribution in [0.1, 0.15) is 0 Å². The maximum atomic E-state index is 11.9. The molecule has 8 heteroatoms. The minimum atomic E-state index is -4.65. The average molecular weight is 234 g/mol. The summed E-state index contributed by atoms with van der Waals surface area (Å²) < 4.78 is 40.6. The van der Waals surface area contributed by atoms with Gasteiger partial charge in [0.15, 0.2) is 0 Å². The minimum Gasteiger partial charge on any atom is -0.481 e. The molecule has 0 unspecified atom stereocenters. The van der Waals surface area contributed by atoms with Crippen LogP contribution >= 0.6 is 0 Å². The quantitative estimate of drug-likeness (QED) is 0.470. The van der Waals surface area contributed by atoms with Crippen LogP contribution < -0.4 is 15.9 Å². The van der Waals surface area contributed by atoms with E-state index in [2.05, 4.69) is 21.2 Å². The summed E-state index contributed by atoms with van der Waals surface area (Å²) >= 11 is 0. The monoisotopic (exact) mass is 234 g/mol. The summed E-state index contributed by atoms with van der Waals surface area (Å²) in [5.74, 6) is -1.11. The van der Waals surface area contributed by atoms with Crippen LogP contribution in [0.3, 0.4) is 0 Å². The van der Waals surface area contributed by atoms with Crippen LogP contribution in [0.15, 0.2) is 23.4 Å². The van der Waals surface area contributed by atoms with Crippen molar-refractivity contribution in [1.82, 2.24) is 4.98 Å². The van der Waals surface area contributed by atoms with Crippen molar-refractivity contribution in [2.24, 2.45) is 10.8 Å². The molecule has 1 rings (SSSR count). The molecule has 0 spiro atoms. The molecule has 0 aromatic carbocycles. The third-order valence-electron chi connectivity index (χ3n) is 1.54. The number of hydrazone groups is 1. The zero-order chi connectivity index (χ0) is 12.2. The van der Waals surface area contributed by atoms with Gasteiger partial charge in [-0.25, -0.2) is 4.98 Å². The van der Waals surface area contributed by atoms with E-state index >= 15 is 0 Å². The van der Waals surface area contributed by atoms with E-state index in [9.17, 15) is 13.2 Å². The Labute approximate surface area is 89.1 Å². The van der Waals surface area contributed by atoms with Crippen LogP contribution in [0, 0.1) is 0 Å². The summed E-state index contributed by atoms with van der Waals surface area (Å²) in [6.07, 6.45) is -3.38. The van der Waals surface area contributed by atoms with Gasteiger partial charge in [-0.1, -0.05) is 0 Å². The van der Waals surface area contributed by atoms with Gasteiger partial charge in [0, 0.05) is 6.07 Å². The number of hydrogen-bond donors (Lipinski definition) is 2. The molecule has 0 aliphatic carbocycles. The van der Waals surface area contributed by atoms with Gasteiger partial charge in [-0.2, -0.15) is 18.3 Å². The first-order chi connectivity index (χ1) is 7.43. The van der Waals surface area contributed by atoms with E-state index in [1.54, 1.807) is 0 Å². The second-order valence-electron chi connectivity index (χ2n) is 2.70. The Morgan fingerprint density at radius 1 is 1.50 bits per heavy atom. The van der Waals surface area contributed by atoms with E-state index in [1.807, 2.05) is 0 Å². The van der Waals surface area contributed by atoms with Gasteiger partial charge in [-0.05, 0) is 6.07 Å². The van der Waals surface area contributed by atoms with Crippen molar-refractivity contribution in [1.29, 1.82) is 0 Å². The van der Waals surface area contributed by atoms with Crippen LogP contribution in [-0.2, 0) is 0 Å². The van der Waals surface area contributed by atoms with Gasteiger partial charge >= 0.3 is 6.18 Å². The molecule has 5 nitrogen and oxygen atoms in total. The van der Waals surface area contributed by atoms with Crippen LogP contribution in [0.2, 0.25) is 0 Å². The third kappa shape index (κ3) is 3.30. The van der Waals surface area contributed by atoms with Crippen LogP contribution in [0.4, 0.5) is 18.9 Å². The fraction of sp³-hybridized carbons (Fsp3) is 0.250. The number of anilines is 1. The fourth-order valence-electron chi connectivity index (χ4n) is 0.755. The molecular formula is C8H9F3N4O. The topological polar surface area (TPSA) is 72.5 Å². The lowest BCUT2D eigenvalue weighted by Gasteiger charge is -2.06. The van der Waals surface area contributed by atoms with Gasteiger partial charge in [-0.3, -0.25) is 5.43 Å². The van der Waals surface area contributed by atoms with E-state index in [1.165, 1.54) is 25.4 Å². The summed E-state index contributed by atoms with van der Waals surface area (Å²) in [7, 11) is 1.43. The fourth-order valence-corrected chi connectivity index (χ4v) is 0.755. The molecule has 3 N–H and O–H groups in total. The number of pyridine rings is 1. The Balaban J connectivity index is 2.67. The molecule has 0 radical (unpaired) electrons. The highest BCUT2D eigenvalue weighted by Crippen LogP contribution is 2.15. The van der Waals surface area contributed by atoms with E-state index in [-0.39, 0.29) is 5.69 Å². The molecular weight excluding hydrogens is 225 g/mol. The molecule has 0 amide bonds. The van der Waals surface area contributed by atoms with Crippen molar-refractivity contribution in [3.05, 3.63) is 18.3 Å². The van der Waals surface area contributed by atoms with Gasteiger partial charge < -0.3 is 10.5 Å². The van der Waals surface area contributed by atoms with E-state index in [0.717, 1.165) is 0 Å². The smallest absolute Gasteiger partial charge is 0.450 e. The molecule has 0 saturated carbocycles. The van der Waals surface area contributed by atoms with E-state index in [0.29, 0.717) is 5.88 Å². The first-order valence-electron chi connectivity index (χ1n) is 4.10. The number of rotatable bonds is 3. The number of ether oxygens (including phenoxy) is 1.